The molecule has 94 valence electrons. The zero-order chi connectivity index (χ0) is 13.1. The number of nitrogens with zero attached hydrogens (tertiary/aromatic N) is 1. The second-order valence-electron chi connectivity index (χ2n) is 3.88. The summed E-state index contributed by atoms with van der Waals surface area (Å²) in [5.41, 5.74) is 1.47. The van der Waals surface area contributed by atoms with Crippen molar-refractivity contribution < 1.29 is 8.78 Å². The van der Waals surface area contributed by atoms with Crippen LogP contribution < -0.4 is 5.32 Å². The van der Waals surface area contributed by atoms with Crippen LogP contribution in [-0.2, 0) is 0 Å². The number of hydrogen-bond donors (Lipinski definition) is 1. The SMILES string of the molecule is CC(Nc1cccnc1Br)c1ccc(F)c(F)c1. The standard InChI is InChI=1S/C13H11BrF2N2/c1-8(9-4-5-10(15)11(16)7-9)18-12-3-2-6-17-13(12)14/h2-8,18H,1H3. The Bertz CT molecular complexity index is 560. The number of aromatic nitrogens is 1. The van der Waals surface area contributed by atoms with E-state index in [4.69, 9.17) is 0 Å². The summed E-state index contributed by atoms with van der Waals surface area (Å²) in [6.45, 7) is 1.87. The first-order valence-electron chi connectivity index (χ1n) is 5.40. The van der Waals surface area contributed by atoms with Crippen LogP contribution in [0.4, 0.5) is 14.5 Å². The van der Waals surface area contributed by atoms with Gasteiger partial charge in [-0.2, -0.15) is 0 Å². The fourth-order valence-electron chi connectivity index (χ4n) is 1.59. The first-order valence-corrected chi connectivity index (χ1v) is 6.19. The van der Waals surface area contributed by atoms with E-state index in [-0.39, 0.29) is 6.04 Å². The van der Waals surface area contributed by atoms with Gasteiger partial charge in [0.1, 0.15) is 4.60 Å². The predicted octanol–water partition coefficient (Wildman–Crippen LogP) is 4.30. The highest BCUT2D eigenvalue weighted by molar-refractivity contribution is 9.10. The molecule has 2 aromatic rings. The van der Waals surface area contributed by atoms with E-state index in [1.807, 2.05) is 13.0 Å². The second-order valence-corrected chi connectivity index (χ2v) is 4.63. The molecule has 2 rings (SSSR count). The van der Waals surface area contributed by atoms with E-state index in [0.29, 0.717) is 10.2 Å². The summed E-state index contributed by atoms with van der Waals surface area (Å²) in [6, 6.07) is 7.37. The number of pyridine rings is 1. The van der Waals surface area contributed by atoms with Crippen molar-refractivity contribution in [1.29, 1.82) is 0 Å². The molecule has 0 spiro atoms. The third-order valence-electron chi connectivity index (χ3n) is 2.57. The Balaban J connectivity index is 2.19. The molecule has 18 heavy (non-hydrogen) atoms. The molecule has 0 fully saturated rings. The van der Waals surface area contributed by atoms with Gasteiger partial charge >= 0.3 is 0 Å². The van der Waals surface area contributed by atoms with E-state index in [1.54, 1.807) is 18.3 Å². The molecule has 1 atom stereocenters. The van der Waals surface area contributed by atoms with E-state index >= 15 is 0 Å². The van der Waals surface area contributed by atoms with Crippen molar-refractivity contribution in [2.75, 3.05) is 5.32 Å². The van der Waals surface area contributed by atoms with Crippen LogP contribution in [-0.4, -0.2) is 4.98 Å². The number of anilines is 1. The van der Waals surface area contributed by atoms with E-state index in [1.165, 1.54) is 6.07 Å². The summed E-state index contributed by atoms with van der Waals surface area (Å²) < 4.78 is 26.7. The summed E-state index contributed by atoms with van der Waals surface area (Å²) in [7, 11) is 0. The van der Waals surface area contributed by atoms with Crippen LogP contribution in [0.2, 0.25) is 0 Å². The third-order valence-corrected chi connectivity index (χ3v) is 3.21. The Hall–Kier alpha value is -1.49. The minimum absolute atomic E-state index is 0.152. The molecule has 0 aliphatic heterocycles. The predicted molar refractivity (Wildman–Crippen MR) is 70.3 cm³/mol. The van der Waals surface area contributed by atoms with Gasteiger partial charge in [-0.15, -0.1) is 0 Å². The lowest BCUT2D eigenvalue weighted by Gasteiger charge is -2.16. The van der Waals surface area contributed by atoms with E-state index < -0.39 is 11.6 Å². The van der Waals surface area contributed by atoms with Crippen LogP contribution in [0.25, 0.3) is 0 Å². The molecule has 5 heteroatoms. The largest absolute Gasteiger partial charge is 0.376 e. The summed E-state index contributed by atoms with van der Waals surface area (Å²) >= 11 is 3.32. The quantitative estimate of drug-likeness (QED) is 0.855. The number of rotatable bonds is 3. The average molecular weight is 313 g/mol. The van der Waals surface area contributed by atoms with Crippen LogP contribution in [0.15, 0.2) is 41.1 Å². The minimum Gasteiger partial charge on any atom is -0.376 e. The maximum absolute atomic E-state index is 13.1. The average Bonchev–Trinajstić information content (AvgIpc) is 2.35. The zero-order valence-corrected chi connectivity index (χ0v) is 11.2. The number of benzene rings is 1. The van der Waals surface area contributed by atoms with Crippen LogP contribution in [0.1, 0.15) is 18.5 Å². The molecule has 0 saturated carbocycles. The summed E-state index contributed by atoms with van der Waals surface area (Å²) in [6.07, 6.45) is 1.66. The fourth-order valence-corrected chi connectivity index (χ4v) is 1.96. The topological polar surface area (TPSA) is 24.9 Å². The molecular formula is C13H11BrF2N2. The molecule has 0 saturated heterocycles. The molecule has 1 unspecified atom stereocenters. The van der Waals surface area contributed by atoms with Gasteiger partial charge in [-0.1, -0.05) is 6.07 Å². The highest BCUT2D eigenvalue weighted by atomic mass is 79.9. The highest BCUT2D eigenvalue weighted by Gasteiger charge is 2.10. The summed E-state index contributed by atoms with van der Waals surface area (Å²) in [4.78, 5) is 4.08. The Morgan fingerprint density at radius 1 is 1.22 bits per heavy atom. The Morgan fingerprint density at radius 2 is 2.00 bits per heavy atom. The second kappa shape index (κ2) is 5.44. The lowest BCUT2D eigenvalue weighted by molar-refractivity contribution is 0.506. The van der Waals surface area contributed by atoms with Gasteiger partial charge in [0.25, 0.3) is 0 Å². The first-order chi connectivity index (χ1) is 8.58. The van der Waals surface area contributed by atoms with Crippen LogP contribution >= 0.6 is 15.9 Å². The minimum atomic E-state index is -0.841. The van der Waals surface area contributed by atoms with Crippen molar-refractivity contribution in [3.8, 4) is 0 Å². The molecule has 1 heterocycles. The van der Waals surface area contributed by atoms with Gasteiger partial charge in [0, 0.05) is 12.2 Å². The van der Waals surface area contributed by atoms with Gasteiger partial charge in [0.2, 0.25) is 0 Å². The summed E-state index contributed by atoms with van der Waals surface area (Å²) in [5.74, 6) is -1.68. The molecule has 0 aliphatic carbocycles. The monoisotopic (exact) mass is 312 g/mol. The van der Waals surface area contributed by atoms with Crippen LogP contribution in [0.5, 0.6) is 0 Å². The summed E-state index contributed by atoms with van der Waals surface area (Å²) in [5, 5.41) is 3.17. The van der Waals surface area contributed by atoms with Crippen molar-refractivity contribution in [2.24, 2.45) is 0 Å². The Labute approximate surface area is 112 Å². The lowest BCUT2D eigenvalue weighted by atomic mass is 10.1. The van der Waals surface area contributed by atoms with Crippen molar-refractivity contribution in [3.63, 3.8) is 0 Å². The van der Waals surface area contributed by atoms with Crippen molar-refractivity contribution in [3.05, 3.63) is 58.3 Å². The maximum atomic E-state index is 13.1. The molecule has 1 N–H and O–H groups in total. The molecule has 0 radical (unpaired) electrons. The normalized spacial score (nSPS) is 12.2. The molecule has 1 aromatic heterocycles. The third kappa shape index (κ3) is 2.85. The first kappa shape index (κ1) is 13.0. The van der Waals surface area contributed by atoms with E-state index in [2.05, 4.69) is 26.2 Å². The van der Waals surface area contributed by atoms with Crippen molar-refractivity contribution >= 4 is 21.6 Å². The van der Waals surface area contributed by atoms with Gasteiger partial charge in [0.15, 0.2) is 11.6 Å². The number of halogens is 3. The van der Waals surface area contributed by atoms with Crippen molar-refractivity contribution in [1.82, 2.24) is 4.98 Å². The van der Waals surface area contributed by atoms with Gasteiger partial charge in [0.05, 0.1) is 5.69 Å². The van der Waals surface area contributed by atoms with Gasteiger partial charge in [-0.05, 0) is 52.7 Å². The van der Waals surface area contributed by atoms with Crippen LogP contribution in [0.3, 0.4) is 0 Å². The van der Waals surface area contributed by atoms with Crippen molar-refractivity contribution in [2.45, 2.75) is 13.0 Å². The maximum Gasteiger partial charge on any atom is 0.159 e. The van der Waals surface area contributed by atoms with E-state index in [0.717, 1.165) is 11.8 Å². The zero-order valence-electron chi connectivity index (χ0n) is 9.62. The smallest absolute Gasteiger partial charge is 0.159 e. The van der Waals surface area contributed by atoms with Crippen LogP contribution in [0, 0.1) is 11.6 Å². The molecule has 0 aliphatic rings. The molecule has 0 bridgehead atoms. The fraction of sp³-hybridized carbons (Fsp3) is 0.154. The highest BCUT2D eigenvalue weighted by Crippen LogP contribution is 2.25. The molecule has 1 aromatic carbocycles. The van der Waals surface area contributed by atoms with Gasteiger partial charge in [-0.3, -0.25) is 0 Å². The Kier molecular flexibility index (Phi) is 3.91. The lowest BCUT2D eigenvalue weighted by Crippen LogP contribution is -2.08. The van der Waals surface area contributed by atoms with E-state index in [9.17, 15) is 8.78 Å². The molecule has 2 nitrogen and oxygen atoms in total. The number of hydrogen-bond acceptors (Lipinski definition) is 2. The molecule has 0 amide bonds. The molecular weight excluding hydrogens is 302 g/mol. The number of nitrogens with one attached hydrogen (secondary N) is 1. The van der Waals surface area contributed by atoms with Gasteiger partial charge < -0.3 is 5.32 Å². The Morgan fingerprint density at radius 3 is 2.67 bits per heavy atom. The van der Waals surface area contributed by atoms with Gasteiger partial charge in [-0.25, -0.2) is 13.8 Å².